The number of hydrogen-bond donors (Lipinski definition) is 1. The molecule has 2 rings (SSSR count). The van der Waals surface area contributed by atoms with E-state index in [1.807, 2.05) is 24.3 Å². The Morgan fingerprint density at radius 3 is 2.85 bits per heavy atom. The quantitative estimate of drug-likeness (QED) is 0.909. The fraction of sp³-hybridized carbons (Fsp3) is 0.357. The maximum atomic E-state index is 11.9. The van der Waals surface area contributed by atoms with E-state index in [-0.39, 0.29) is 11.8 Å². The number of halogens is 1. The highest BCUT2D eigenvalue weighted by Gasteiger charge is 2.21. The first-order valence-electron chi connectivity index (χ1n) is 6.43. The van der Waals surface area contributed by atoms with Crippen molar-refractivity contribution < 1.29 is 9.59 Å². The molecule has 0 radical (unpaired) electrons. The highest BCUT2D eigenvalue weighted by atomic mass is 79.9. The minimum absolute atomic E-state index is 0.0604. The van der Waals surface area contributed by atoms with Gasteiger partial charge in [-0.15, -0.1) is 0 Å². The summed E-state index contributed by atoms with van der Waals surface area (Å²) in [6.07, 6.45) is 1.49. The van der Waals surface area contributed by atoms with E-state index in [0.717, 1.165) is 16.5 Å². The van der Waals surface area contributed by atoms with Crippen molar-refractivity contribution in [2.75, 3.05) is 13.6 Å². The lowest BCUT2D eigenvalue weighted by molar-refractivity contribution is -0.130. The monoisotopic (exact) mass is 337 g/mol. The SMILES string of the molecule is CN1N=C(C(=O)NCCc2ccccc2Br)CCC1=O. The van der Waals surface area contributed by atoms with Crippen molar-refractivity contribution in [3.8, 4) is 0 Å². The maximum Gasteiger partial charge on any atom is 0.267 e. The number of hydrazone groups is 1. The predicted octanol–water partition coefficient (Wildman–Crippen LogP) is 1.72. The first kappa shape index (κ1) is 14.7. The molecule has 20 heavy (non-hydrogen) atoms. The van der Waals surface area contributed by atoms with Crippen molar-refractivity contribution in [1.82, 2.24) is 10.3 Å². The van der Waals surface area contributed by atoms with Crippen molar-refractivity contribution in [2.24, 2.45) is 5.10 Å². The van der Waals surface area contributed by atoms with Crippen LogP contribution in [0.15, 0.2) is 33.8 Å². The summed E-state index contributed by atoms with van der Waals surface area (Å²) in [6, 6.07) is 7.91. The van der Waals surface area contributed by atoms with E-state index in [4.69, 9.17) is 0 Å². The van der Waals surface area contributed by atoms with Crippen molar-refractivity contribution in [2.45, 2.75) is 19.3 Å². The van der Waals surface area contributed by atoms with Crippen molar-refractivity contribution >= 4 is 33.5 Å². The molecule has 0 spiro atoms. The lowest BCUT2D eigenvalue weighted by Crippen LogP contribution is -2.38. The van der Waals surface area contributed by atoms with E-state index >= 15 is 0 Å². The molecule has 1 aromatic rings. The number of nitrogens with zero attached hydrogens (tertiary/aromatic N) is 2. The molecule has 0 fully saturated rings. The topological polar surface area (TPSA) is 61.8 Å². The van der Waals surface area contributed by atoms with Crippen molar-refractivity contribution in [3.05, 3.63) is 34.3 Å². The standard InChI is InChI=1S/C14H16BrN3O2/c1-18-13(19)7-6-12(17-18)14(20)16-9-8-10-4-2-3-5-11(10)15/h2-5H,6-9H2,1H3,(H,16,20). The van der Waals surface area contributed by atoms with Crippen LogP contribution in [0.3, 0.4) is 0 Å². The summed E-state index contributed by atoms with van der Waals surface area (Å²) in [5, 5.41) is 8.05. The lowest BCUT2D eigenvalue weighted by atomic mass is 10.1. The van der Waals surface area contributed by atoms with Crippen LogP contribution in [0.4, 0.5) is 0 Å². The number of amides is 2. The molecular formula is C14H16BrN3O2. The molecule has 1 aliphatic rings. The Kier molecular flexibility index (Phi) is 4.89. The van der Waals surface area contributed by atoms with E-state index in [1.165, 1.54) is 5.01 Å². The average molecular weight is 338 g/mol. The lowest BCUT2D eigenvalue weighted by Gasteiger charge is -2.18. The largest absolute Gasteiger partial charge is 0.351 e. The molecule has 1 heterocycles. The van der Waals surface area contributed by atoms with Gasteiger partial charge in [0.15, 0.2) is 0 Å². The molecule has 6 heteroatoms. The Morgan fingerprint density at radius 1 is 1.40 bits per heavy atom. The Hall–Kier alpha value is -1.69. The van der Waals surface area contributed by atoms with Crippen LogP contribution in [0.25, 0.3) is 0 Å². The third-order valence-corrected chi connectivity index (χ3v) is 3.88. The normalized spacial score (nSPS) is 15.0. The van der Waals surface area contributed by atoms with Gasteiger partial charge in [0.25, 0.3) is 5.91 Å². The van der Waals surface area contributed by atoms with E-state index in [2.05, 4.69) is 26.3 Å². The summed E-state index contributed by atoms with van der Waals surface area (Å²) in [6.45, 7) is 0.540. The zero-order chi connectivity index (χ0) is 14.5. The number of carbonyl (C=O) groups is 2. The second kappa shape index (κ2) is 6.65. The van der Waals surface area contributed by atoms with Gasteiger partial charge in [0, 0.05) is 30.9 Å². The Morgan fingerprint density at radius 2 is 2.15 bits per heavy atom. The van der Waals surface area contributed by atoms with Gasteiger partial charge >= 0.3 is 0 Å². The Balaban J connectivity index is 1.86. The van der Waals surface area contributed by atoms with Crippen LogP contribution in [-0.2, 0) is 16.0 Å². The molecule has 1 aromatic carbocycles. The minimum atomic E-state index is -0.198. The first-order valence-corrected chi connectivity index (χ1v) is 7.23. The molecule has 0 unspecified atom stereocenters. The number of hydrogen-bond acceptors (Lipinski definition) is 3. The number of rotatable bonds is 4. The van der Waals surface area contributed by atoms with Crippen molar-refractivity contribution in [3.63, 3.8) is 0 Å². The average Bonchev–Trinajstić information content (AvgIpc) is 2.44. The molecule has 0 aromatic heterocycles. The van der Waals surface area contributed by atoms with Gasteiger partial charge in [-0.25, -0.2) is 5.01 Å². The van der Waals surface area contributed by atoms with Crippen LogP contribution < -0.4 is 5.32 Å². The summed E-state index contributed by atoms with van der Waals surface area (Å²) >= 11 is 3.47. The van der Waals surface area contributed by atoms with Crippen LogP contribution in [0.2, 0.25) is 0 Å². The minimum Gasteiger partial charge on any atom is -0.351 e. The van der Waals surface area contributed by atoms with Gasteiger partial charge in [0.2, 0.25) is 5.91 Å². The Labute approximate surface area is 126 Å². The van der Waals surface area contributed by atoms with Crippen molar-refractivity contribution in [1.29, 1.82) is 0 Å². The molecule has 0 bridgehead atoms. The fourth-order valence-corrected chi connectivity index (χ4v) is 2.43. The van der Waals surface area contributed by atoms with Crippen LogP contribution in [0.5, 0.6) is 0 Å². The van der Waals surface area contributed by atoms with Crippen LogP contribution in [0, 0.1) is 0 Å². The highest BCUT2D eigenvalue weighted by molar-refractivity contribution is 9.10. The summed E-state index contributed by atoms with van der Waals surface area (Å²) in [7, 11) is 1.57. The highest BCUT2D eigenvalue weighted by Crippen LogP contribution is 2.15. The van der Waals surface area contributed by atoms with E-state index in [1.54, 1.807) is 7.05 Å². The summed E-state index contributed by atoms with van der Waals surface area (Å²) < 4.78 is 1.04. The van der Waals surface area contributed by atoms with Gasteiger partial charge in [-0.2, -0.15) is 5.10 Å². The van der Waals surface area contributed by atoms with Crippen LogP contribution >= 0.6 is 15.9 Å². The Bertz CT molecular complexity index is 557. The van der Waals surface area contributed by atoms with Gasteiger partial charge in [0.05, 0.1) is 0 Å². The third kappa shape index (κ3) is 3.66. The van der Waals surface area contributed by atoms with E-state index in [9.17, 15) is 9.59 Å². The van der Waals surface area contributed by atoms with Gasteiger partial charge in [0.1, 0.15) is 5.71 Å². The maximum absolute atomic E-state index is 11.9. The zero-order valence-electron chi connectivity index (χ0n) is 11.2. The summed E-state index contributed by atoms with van der Waals surface area (Å²) in [5.41, 5.74) is 1.56. The van der Waals surface area contributed by atoms with Crippen LogP contribution in [0.1, 0.15) is 18.4 Å². The molecule has 0 atom stereocenters. The first-order chi connectivity index (χ1) is 9.58. The van der Waals surface area contributed by atoms with Crippen LogP contribution in [-0.4, -0.2) is 36.1 Å². The summed E-state index contributed by atoms with van der Waals surface area (Å²) in [5.74, 6) is -0.258. The van der Waals surface area contributed by atoms with E-state index < -0.39 is 0 Å². The van der Waals surface area contributed by atoms with Gasteiger partial charge in [-0.1, -0.05) is 34.1 Å². The van der Waals surface area contributed by atoms with Gasteiger partial charge < -0.3 is 5.32 Å². The summed E-state index contributed by atoms with van der Waals surface area (Å²) in [4.78, 5) is 23.2. The number of nitrogens with one attached hydrogen (secondary N) is 1. The molecule has 1 N–H and O–H groups in total. The van der Waals surface area contributed by atoms with E-state index in [0.29, 0.717) is 25.1 Å². The molecular weight excluding hydrogens is 322 g/mol. The molecule has 1 aliphatic heterocycles. The predicted molar refractivity (Wildman–Crippen MR) is 80.3 cm³/mol. The second-order valence-electron chi connectivity index (χ2n) is 4.56. The smallest absolute Gasteiger partial charge is 0.267 e. The molecule has 0 aliphatic carbocycles. The number of carbonyl (C=O) groups excluding carboxylic acids is 2. The molecule has 0 saturated heterocycles. The van der Waals surface area contributed by atoms with Gasteiger partial charge in [-0.3, -0.25) is 9.59 Å². The molecule has 106 valence electrons. The molecule has 0 saturated carbocycles. The second-order valence-corrected chi connectivity index (χ2v) is 5.42. The zero-order valence-corrected chi connectivity index (χ0v) is 12.8. The van der Waals surface area contributed by atoms with Gasteiger partial charge in [-0.05, 0) is 18.1 Å². The third-order valence-electron chi connectivity index (χ3n) is 3.11. The number of benzene rings is 1. The molecule has 2 amide bonds. The molecule has 5 nitrogen and oxygen atoms in total. The fourth-order valence-electron chi connectivity index (χ4n) is 1.95.